The summed E-state index contributed by atoms with van der Waals surface area (Å²) in [6, 6.07) is 24.2. The van der Waals surface area contributed by atoms with Gasteiger partial charge in [-0.2, -0.15) is 4.57 Å². The molecule has 0 aliphatic rings. The Morgan fingerprint density at radius 3 is 2.07 bits per heavy atom. The highest BCUT2D eigenvalue weighted by Gasteiger charge is 2.20. The van der Waals surface area contributed by atoms with E-state index in [4.69, 9.17) is 5.73 Å². The van der Waals surface area contributed by atoms with Crippen molar-refractivity contribution in [2.45, 2.75) is 19.5 Å². The van der Waals surface area contributed by atoms with Crippen LogP contribution in [0.1, 0.15) is 6.92 Å². The predicted molar refractivity (Wildman–Crippen MR) is 120 cm³/mol. The average Bonchev–Trinajstić information content (AvgIpc) is 2.74. The molecule has 1 aromatic heterocycles. The summed E-state index contributed by atoms with van der Waals surface area (Å²) < 4.78 is 2.29. The number of nitrogens with one attached hydrogen (secondary N) is 1. The molecule has 4 heteroatoms. The van der Waals surface area contributed by atoms with Gasteiger partial charge in [0.05, 0.1) is 16.8 Å². The van der Waals surface area contributed by atoms with Crippen LogP contribution < -0.4 is 15.6 Å². The van der Waals surface area contributed by atoms with Crippen LogP contribution in [0.2, 0.25) is 0 Å². The summed E-state index contributed by atoms with van der Waals surface area (Å²) in [6.07, 6.45) is 1.93. The molecular weight excluding hydrogens is 358 g/mol. The second-order valence-corrected chi connectivity index (χ2v) is 7.16. The summed E-state index contributed by atoms with van der Waals surface area (Å²) in [7, 11) is 0. The van der Waals surface area contributed by atoms with E-state index >= 15 is 0 Å². The summed E-state index contributed by atoms with van der Waals surface area (Å²) in [5.74, 6) is -0.196. The van der Waals surface area contributed by atoms with Crippen LogP contribution in [0.3, 0.4) is 0 Å². The maximum Gasteiger partial charge on any atom is 0.240 e. The number of nitrogens with two attached hydrogens (primary N) is 1. The lowest BCUT2D eigenvalue weighted by atomic mass is 9.95. The standard InChI is InChI=1S/C25H23N3O/c1-3-16-28-22-10-6-4-8-20(22)24(21-9-5-7-11-23(21)28)18-12-14-19(15-13-18)27-25(29)17(2)26/h3-15,17H,1,16,26H2,2H3/p+1/t17-/m0/s1. The van der Waals surface area contributed by atoms with E-state index in [0.29, 0.717) is 0 Å². The molecule has 0 unspecified atom stereocenters. The normalized spacial score (nSPS) is 12.1. The first-order valence-corrected chi connectivity index (χ1v) is 9.71. The number of pyridine rings is 1. The number of allylic oxidation sites excluding steroid dienone is 1. The number of aromatic nitrogens is 1. The third-order valence-corrected chi connectivity index (χ3v) is 5.09. The van der Waals surface area contributed by atoms with Crippen LogP contribution in [0.5, 0.6) is 0 Å². The first-order chi connectivity index (χ1) is 14.1. The molecule has 29 heavy (non-hydrogen) atoms. The molecule has 144 valence electrons. The molecule has 4 nitrogen and oxygen atoms in total. The van der Waals surface area contributed by atoms with E-state index in [9.17, 15) is 4.79 Å². The van der Waals surface area contributed by atoms with Crippen molar-refractivity contribution in [2.75, 3.05) is 5.32 Å². The number of hydrogen-bond acceptors (Lipinski definition) is 2. The van der Waals surface area contributed by atoms with Crippen molar-refractivity contribution in [1.29, 1.82) is 0 Å². The molecular formula is C25H24N3O+. The van der Waals surface area contributed by atoms with Crippen molar-refractivity contribution in [3.63, 3.8) is 0 Å². The summed E-state index contributed by atoms with van der Waals surface area (Å²) in [5.41, 5.74) is 11.0. The third kappa shape index (κ3) is 3.50. The summed E-state index contributed by atoms with van der Waals surface area (Å²) in [5, 5.41) is 5.20. The number of anilines is 1. The molecule has 0 radical (unpaired) electrons. The maximum atomic E-state index is 11.9. The number of amides is 1. The van der Waals surface area contributed by atoms with E-state index in [0.717, 1.165) is 28.8 Å². The number of carbonyl (C=O) groups is 1. The lowest BCUT2D eigenvalue weighted by Crippen LogP contribution is -2.34. The highest BCUT2D eigenvalue weighted by Crippen LogP contribution is 2.34. The van der Waals surface area contributed by atoms with Crippen LogP contribution in [0.15, 0.2) is 85.5 Å². The zero-order valence-corrected chi connectivity index (χ0v) is 16.4. The van der Waals surface area contributed by atoms with Gasteiger partial charge >= 0.3 is 0 Å². The van der Waals surface area contributed by atoms with Gasteiger partial charge in [0, 0.05) is 23.4 Å². The number of fused-ring (bicyclic) bond motifs is 2. The minimum Gasteiger partial charge on any atom is -0.325 e. The maximum absolute atomic E-state index is 11.9. The molecule has 0 fully saturated rings. The molecule has 3 N–H and O–H groups in total. The Balaban J connectivity index is 1.92. The molecule has 0 aliphatic carbocycles. The number of benzene rings is 3. The van der Waals surface area contributed by atoms with Crippen molar-refractivity contribution in [3.8, 4) is 11.1 Å². The van der Waals surface area contributed by atoms with Crippen molar-refractivity contribution >= 4 is 33.4 Å². The van der Waals surface area contributed by atoms with Gasteiger partial charge < -0.3 is 11.1 Å². The van der Waals surface area contributed by atoms with Crippen molar-refractivity contribution < 1.29 is 9.36 Å². The summed E-state index contributed by atoms with van der Waals surface area (Å²) in [4.78, 5) is 11.9. The van der Waals surface area contributed by atoms with Crippen LogP contribution in [0.4, 0.5) is 5.69 Å². The SMILES string of the molecule is C=CC[n+]1c2ccccc2c(-c2ccc(NC(=O)[C@H](C)N)cc2)c2ccccc21. The van der Waals surface area contributed by atoms with E-state index in [1.807, 2.05) is 30.3 Å². The van der Waals surface area contributed by atoms with Crippen LogP contribution in [0, 0.1) is 0 Å². The van der Waals surface area contributed by atoms with E-state index in [1.54, 1.807) is 6.92 Å². The molecule has 0 spiro atoms. The fourth-order valence-electron chi connectivity index (χ4n) is 3.73. The second kappa shape index (κ2) is 7.86. The third-order valence-electron chi connectivity index (χ3n) is 5.09. The fraction of sp³-hybridized carbons (Fsp3) is 0.120. The first kappa shape index (κ1) is 18.8. The molecule has 0 saturated carbocycles. The van der Waals surface area contributed by atoms with Gasteiger partial charge in [-0.15, -0.1) is 0 Å². The van der Waals surface area contributed by atoms with Crippen molar-refractivity contribution in [3.05, 3.63) is 85.5 Å². The zero-order valence-electron chi connectivity index (χ0n) is 16.4. The number of hydrogen-bond donors (Lipinski definition) is 2. The fourth-order valence-corrected chi connectivity index (χ4v) is 3.73. The molecule has 1 heterocycles. The van der Waals surface area contributed by atoms with Gasteiger partial charge in [-0.25, -0.2) is 0 Å². The molecule has 4 aromatic rings. The van der Waals surface area contributed by atoms with Gasteiger partial charge in [-0.3, -0.25) is 4.79 Å². The van der Waals surface area contributed by atoms with E-state index in [-0.39, 0.29) is 5.91 Å². The van der Waals surface area contributed by atoms with Gasteiger partial charge in [-0.1, -0.05) is 43.0 Å². The highest BCUT2D eigenvalue weighted by molar-refractivity contribution is 6.07. The van der Waals surface area contributed by atoms with Crippen molar-refractivity contribution in [1.82, 2.24) is 0 Å². The van der Waals surface area contributed by atoms with Gasteiger partial charge in [0.2, 0.25) is 16.9 Å². The van der Waals surface area contributed by atoms with Gasteiger partial charge in [0.25, 0.3) is 0 Å². The van der Waals surface area contributed by atoms with E-state index in [2.05, 4.69) is 65.0 Å². The molecule has 1 atom stereocenters. The first-order valence-electron chi connectivity index (χ1n) is 9.71. The predicted octanol–water partition coefficient (Wildman–Crippen LogP) is 4.42. The largest absolute Gasteiger partial charge is 0.325 e. The average molecular weight is 382 g/mol. The Morgan fingerprint density at radius 2 is 1.55 bits per heavy atom. The minimum atomic E-state index is -0.544. The Kier molecular flexibility index (Phi) is 5.10. The van der Waals surface area contributed by atoms with Crippen molar-refractivity contribution in [2.24, 2.45) is 5.73 Å². The van der Waals surface area contributed by atoms with Crippen LogP contribution in [0.25, 0.3) is 32.9 Å². The Bertz CT molecular complexity index is 1150. The van der Waals surface area contributed by atoms with Gasteiger partial charge in [0.15, 0.2) is 6.54 Å². The van der Waals surface area contributed by atoms with Crippen LogP contribution >= 0.6 is 0 Å². The minimum absolute atomic E-state index is 0.196. The molecule has 0 saturated heterocycles. The van der Waals surface area contributed by atoms with Gasteiger partial charge in [0.1, 0.15) is 0 Å². The Hall–Kier alpha value is -3.50. The Labute approximate surface area is 170 Å². The lowest BCUT2D eigenvalue weighted by molar-refractivity contribution is -0.634. The molecule has 0 bridgehead atoms. The number of para-hydroxylation sites is 2. The topological polar surface area (TPSA) is 59.0 Å². The number of rotatable bonds is 5. The number of nitrogens with zero attached hydrogens (tertiary/aromatic N) is 1. The van der Waals surface area contributed by atoms with Crippen LogP contribution in [-0.4, -0.2) is 11.9 Å². The monoisotopic (exact) mass is 382 g/mol. The van der Waals surface area contributed by atoms with E-state index < -0.39 is 6.04 Å². The summed E-state index contributed by atoms with van der Waals surface area (Å²) in [6.45, 7) is 6.34. The van der Waals surface area contributed by atoms with E-state index in [1.165, 1.54) is 16.3 Å². The molecule has 0 aliphatic heterocycles. The quantitative estimate of drug-likeness (QED) is 0.305. The zero-order chi connectivity index (χ0) is 20.4. The lowest BCUT2D eigenvalue weighted by Gasteiger charge is -2.13. The van der Waals surface area contributed by atoms with Crippen LogP contribution in [-0.2, 0) is 11.3 Å². The molecule has 3 aromatic carbocycles. The molecule has 1 amide bonds. The van der Waals surface area contributed by atoms with Gasteiger partial charge in [-0.05, 0) is 42.8 Å². The Morgan fingerprint density at radius 1 is 1.00 bits per heavy atom. The second-order valence-electron chi connectivity index (χ2n) is 7.16. The smallest absolute Gasteiger partial charge is 0.240 e. The highest BCUT2D eigenvalue weighted by atomic mass is 16.2. The number of carbonyl (C=O) groups excluding carboxylic acids is 1. The molecule has 4 rings (SSSR count). The summed E-state index contributed by atoms with van der Waals surface area (Å²) >= 11 is 0.